The maximum Gasteiger partial charge on any atom is 0.339 e. The Morgan fingerprint density at radius 3 is 2.14 bits per heavy atom. The zero-order valence-corrected chi connectivity index (χ0v) is 10.9. The lowest BCUT2D eigenvalue weighted by Gasteiger charge is -1.98. The summed E-state index contributed by atoms with van der Waals surface area (Å²) in [7, 11) is 0. The van der Waals surface area contributed by atoms with Crippen molar-refractivity contribution in [1.82, 2.24) is 5.53 Å². The van der Waals surface area contributed by atoms with Gasteiger partial charge >= 0.3 is 5.97 Å². The molecule has 0 atom stereocenters. The smallest absolute Gasteiger partial charge is 0.339 e. The highest BCUT2D eigenvalue weighted by Gasteiger charge is 2.08. The Balaban J connectivity index is 0.000000220. The fraction of sp³-hybridized carbons (Fsp3) is 0. The Bertz CT molecular complexity index is 699. The lowest BCUT2D eigenvalue weighted by Crippen LogP contribution is -1.95. The third-order valence-corrected chi connectivity index (χ3v) is 2.39. The summed E-state index contributed by atoms with van der Waals surface area (Å²) in [6, 6.07) is 8.58. The average molecular weight is 304 g/mol. The summed E-state index contributed by atoms with van der Waals surface area (Å²) >= 11 is 0. The largest absolute Gasteiger partial charge is 0.508 e. The van der Waals surface area contributed by atoms with E-state index in [0.29, 0.717) is 5.69 Å². The number of aromatic carboxylic acids is 1. The van der Waals surface area contributed by atoms with Gasteiger partial charge in [-0.05, 0) is 35.9 Å². The van der Waals surface area contributed by atoms with Crippen molar-refractivity contribution >= 4 is 17.3 Å². The van der Waals surface area contributed by atoms with Crippen LogP contribution in [0.4, 0.5) is 11.4 Å². The highest BCUT2D eigenvalue weighted by atomic mass is 16.6. The number of non-ortho nitro benzene ring substituents is 1. The quantitative estimate of drug-likeness (QED) is 0.342. The fourth-order valence-electron chi connectivity index (χ4n) is 1.34. The molecule has 0 aromatic heterocycles. The van der Waals surface area contributed by atoms with Crippen molar-refractivity contribution in [2.45, 2.75) is 0 Å². The van der Waals surface area contributed by atoms with Gasteiger partial charge in [0.1, 0.15) is 17.1 Å². The van der Waals surface area contributed by atoms with Crippen LogP contribution in [0.25, 0.3) is 0 Å². The van der Waals surface area contributed by atoms with Crippen molar-refractivity contribution in [3.05, 3.63) is 58.1 Å². The third kappa shape index (κ3) is 4.56. The molecular formula is C13H10N3O6. The normalized spacial score (nSPS) is 9.27. The predicted molar refractivity (Wildman–Crippen MR) is 74.0 cm³/mol. The molecule has 9 nitrogen and oxygen atoms in total. The number of benzene rings is 2. The molecule has 0 bridgehead atoms. The van der Waals surface area contributed by atoms with Crippen molar-refractivity contribution in [3.8, 4) is 11.5 Å². The first-order valence-corrected chi connectivity index (χ1v) is 5.70. The summed E-state index contributed by atoms with van der Waals surface area (Å²) in [6.07, 6.45) is 0. The molecule has 1 radical (unpaired) electrons. The second-order valence-electron chi connectivity index (χ2n) is 3.88. The Hall–Kier alpha value is -3.49. The third-order valence-electron chi connectivity index (χ3n) is 2.39. The summed E-state index contributed by atoms with van der Waals surface area (Å²) < 4.78 is 0. The average Bonchev–Trinajstić information content (AvgIpc) is 2.50. The van der Waals surface area contributed by atoms with Crippen molar-refractivity contribution in [2.75, 3.05) is 0 Å². The molecule has 0 aliphatic carbocycles. The molecule has 3 N–H and O–H groups in total. The molecule has 2 aromatic rings. The van der Waals surface area contributed by atoms with Gasteiger partial charge in [-0.1, -0.05) is 0 Å². The number of phenolic OH excluding ortho intramolecular Hbond substituents is 1. The van der Waals surface area contributed by atoms with Gasteiger partial charge in [0.2, 0.25) is 0 Å². The number of carbonyl (C=O) groups is 1. The molecule has 0 fully saturated rings. The molecule has 0 unspecified atom stereocenters. The van der Waals surface area contributed by atoms with Crippen LogP contribution in [0.2, 0.25) is 0 Å². The van der Waals surface area contributed by atoms with E-state index in [4.69, 9.17) is 20.9 Å². The van der Waals surface area contributed by atoms with Crippen LogP contribution in [-0.2, 0) is 0 Å². The van der Waals surface area contributed by atoms with Crippen LogP contribution in [0.1, 0.15) is 10.4 Å². The monoisotopic (exact) mass is 304 g/mol. The topological polar surface area (TPSA) is 156 Å². The highest BCUT2D eigenvalue weighted by Crippen LogP contribution is 2.21. The van der Waals surface area contributed by atoms with Gasteiger partial charge in [0.15, 0.2) is 0 Å². The van der Waals surface area contributed by atoms with Crippen LogP contribution < -0.4 is 5.53 Å². The lowest BCUT2D eigenvalue weighted by atomic mass is 10.2. The van der Waals surface area contributed by atoms with Gasteiger partial charge in [-0.2, -0.15) is 0 Å². The lowest BCUT2D eigenvalue weighted by molar-refractivity contribution is -0.384. The number of hydrogen-bond donors (Lipinski definition) is 3. The molecular weight excluding hydrogens is 294 g/mol. The molecule has 9 heteroatoms. The van der Waals surface area contributed by atoms with E-state index < -0.39 is 10.9 Å². The number of carboxylic acids is 1. The summed E-state index contributed by atoms with van der Waals surface area (Å²) in [6.45, 7) is 0. The van der Waals surface area contributed by atoms with Crippen LogP contribution >= 0.6 is 0 Å². The zero-order valence-electron chi connectivity index (χ0n) is 10.9. The summed E-state index contributed by atoms with van der Waals surface area (Å²) in [4.78, 5) is 19.9. The maximum atomic E-state index is 10.3. The standard InChI is InChI=1S/C7H6O4.C6H4N3O2/c8-4-1-2-6(9)5(3-4)7(10)11;7-8-5-1-3-6(4-2-5)9(10)11/h1-3,8-9H,(H,10,11);1-4H. The molecule has 0 aliphatic rings. The van der Waals surface area contributed by atoms with Crippen LogP contribution in [0.3, 0.4) is 0 Å². The van der Waals surface area contributed by atoms with Crippen LogP contribution in [0, 0.1) is 10.1 Å². The van der Waals surface area contributed by atoms with Crippen molar-refractivity contribution in [1.29, 1.82) is 0 Å². The van der Waals surface area contributed by atoms with Gasteiger partial charge < -0.3 is 15.3 Å². The van der Waals surface area contributed by atoms with E-state index in [1.165, 1.54) is 30.3 Å². The molecule has 113 valence electrons. The van der Waals surface area contributed by atoms with E-state index in [9.17, 15) is 14.9 Å². The number of hydrogen-bond acceptors (Lipinski definition) is 6. The van der Waals surface area contributed by atoms with Gasteiger partial charge in [-0.25, -0.2) is 4.79 Å². The summed E-state index contributed by atoms with van der Waals surface area (Å²) in [5, 5.41) is 39.1. The van der Waals surface area contributed by atoms with E-state index in [0.717, 1.165) is 12.1 Å². The fourth-order valence-corrected chi connectivity index (χ4v) is 1.34. The van der Waals surface area contributed by atoms with E-state index in [2.05, 4.69) is 5.11 Å². The molecule has 2 rings (SSSR count). The van der Waals surface area contributed by atoms with E-state index in [1.54, 1.807) is 0 Å². The molecule has 0 heterocycles. The van der Waals surface area contributed by atoms with Crippen LogP contribution in [0.5, 0.6) is 11.5 Å². The number of nitro groups is 1. The number of aromatic hydroxyl groups is 2. The minimum atomic E-state index is -1.27. The highest BCUT2D eigenvalue weighted by molar-refractivity contribution is 5.91. The molecule has 0 amide bonds. The zero-order chi connectivity index (χ0) is 16.7. The predicted octanol–water partition coefficient (Wildman–Crippen LogP) is 2.27. The van der Waals surface area contributed by atoms with Crippen LogP contribution in [-0.4, -0.2) is 26.2 Å². The molecule has 0 saturated heterocycles. The first kappa shape index (κ1) is 16.6. The summed E-state index contributed by atoms with van der Waals surface area (Å²) in [5.41, 5.74) is 8.21. The molecule has 22 heavy (non-hydrogen) atoms. The molecule has 2 aromatic carbocycles. The Morgan fingerprint density at radius 2 is 1.73 bits per heavy atom. The number of rotatable bonds is 3. The Morgan fingerprint density at radius 1 is 1.14 bits per heavy atom. The van der Waals surface area contributed by atoms with Gasteiger partial charge in [0.05, 0.1) is 10.6 Å². The van der Waals surface area contributed by atoms with Gasteiger partial charge in [0.25, 0.3) is 5.69 Å². The van der Waals surface area contributed by atoms with Crippen molar-refractivity contribution < 1.29 is 25.0 Å². The number of phenols is 2. The molecule has 0 aliphatic heterocycles. The van der Waals surface area contributed by atoms with E-state index in [1.807, 2.05) is 0 Å². The second kappa shape index (κ2) is 7.33. The van der Waals surface area contributed by atoms with Crippen LogP contribution in [0.15, 0.2) is 47.6 Å². The van der Waals surface area contributed by atoms with Gasteiger partial charge in [-0.15, -0.1) is 5.11 Å². The van der Waals surface area contributed by atoms with Gasteiger partial charge in [0, 0.05) is 12.1 Å². The van der Waals surface area contributed by atoms with E-state index >= 15 is 0 Å². The first-order chi connectivity index (χ1) is 10.3. The maximum absolute atomic E-state index is 10.3. The minimum absolute atomic E-state index is 0.0163. The SMILES string of the molecule is O=C(O)c1cc(O)ccc1O.[N]=Nc1ccc([N+](=O)[O-])cc1. The molecule has 0 saturated carbocycles. The number of carboxylic acid groups (broad SMARTS) is 1. The first-order valence-electron chi connectivity index (χ1n) is 5.70. The summed E-state index contributed by atoms with van der Waals surface area (Å²) in [5.74, 6) is -1.80. The Kier molecular flexibility index (Phi) is 5.52. The van der Waals surface area contributed by atoms with Crippen molar-refractivity contribution in [3.63, 3.8) is 0 Å². The van der Waals surface area contributed by atoms with E-state index in [-0.39, 0.29) is 22.7 Å². The number of nitro benzene ring substituents is 1. The minimum Gasteiger partial charge on any atom is -0.508 e. The van der Waals surface area contributed by atoms with Crippen molar-refractivity contribution in [2.24, 2.45) is 5.11 Å². The molecule has 0 spiro atoms. The number of nitrogens with zero attached hydrogens (tertiary/aromatic N) is 3. The van der Waals surface area contributed by atoms with Gasteiger partial charge in [-0.3, -0.25) is 10.1 Å². The second-order valence-corrected chi connectivity index (χ2v) is 3.88. The Labute approximate surface area is 123 Å².